The lowest BCUT2D eigenvalue weighted by Gasteiger charge is -1.93. The van der Waals surface area contributed by atoms with E-state index in [0.29, 0.717) is 5.65 Å². The number of aromatic nitrogens is 3. The third-order valence-corrected chi connectivity index (χ3v) is 1.48. The third kappa shape index (κ3) is 0.832. The topological polar surface area (TPSA) is 50.4 Å². The van der Waals surface area contributed by atoms with E-state index in [9.17, 15) is 5.11 Å². The van der Waals surface area contributed by atoms with Crippen LogP contribution >= 0.6 is 0 Å². The molecule has 0 amide bonds. The molecule has 2 aromatic rings. The summed E-state index contributed by atoms with van der Waals surface area (Å²) in [6.45, 7) is 1.86. The van der Waals surface area contributed by atoms with Crippen molar-refractivity contribution in [2.24, 2.45) is 0 Å². The molecule has 0 radical (unpaired) electrons. The summed E-state index contributed by atoms with van der Waals surface area (Å²) in [5.41, 5.74) is 1.51. The highest BCUT2D eigenvalue weighted by atomic mass is 16.3. The quantitative estimate of drug-likeness (QED) is 0.601. The first-order valence-electron chi connectivity index (χ1n) is 3.28. The molecule has 0 aromatic carbocycles. The van der Waals surface area contributed by atoms with Crippen LogP contribution in [-0.4, -0.2) is 19.7 Å². The van der Waals surface area contributed by atoms with Crippen molar-refractivity contribution in [2.75, 3.05) is 0 Å². The van der Waals surface area contributed by atoms with Gasteiger partial charge in [-0.1, -0.05) is 0 Å². The van der Waals surface area contributed by atoms with Gasteiger partial charge in [-0.25, -0.2) is 4.98 Å². The van der Waals surface area contributed by atoms with Gasteiger partial charge in [0.1, 0.15) is 0 Å². The van der Waals surface area contributed by atoms with Crippen molar-refractivity contribution in [2.45, 2.75) is 6.92 Å². The van der Waals surface area contributed by atoms with Crippen molar-refractivity contribution in [3.8, 4) is 5.88 Å². The number of nitrogens with zero attached hydrogens (tertiary/aromatic N) is 3. The molecule has 0 aliphatic heterocycles. The molecule has 0 aliphatic carbocycles. The van der Waals surface area contributed by atoms with Gasteiger partial charge in [0.2, 0.25) is 5.88 Å². The second-order valence-electron chi connectivity index (χ2n) is 2.36. The van der Waals surface area contributed by atoms with Crippen LogP contribution in [0.3, 0.4) is 0 Å². The molecule has 0 aliphatic rings. The van der Waals surface area contributed by atoms with Crippen molar-refractivity contribution in [3.05, 3.63) is 24.0 Å². The van der Waals surface area contributed by atoms with Gasteiger partial charge in [-0.15, -0.1) is 0 Å². The Hall–Kier alpha value is -1.58. The second-order valence-corrected chi connectivity index (χ2v) is 2.36. The van der Waals surface area contributed by atoms with E-state index in [2.05, 4.69) is 10.1 Å². The fourth-order valence-electron chi connectivity index (χ4n) is 0.953. The zero-order valence-corrected chi connectivity index (χ0v) is 6.02. The van der Waals surface area contributed by atoms with Crippen LogP contribution in [0.2, 0.25) is 0 Å². The van der Waals surface area contributed by atoms with Crippen LogP contribution in [0.25, 0.3) is 5.65 Å². The fourth-order valence-corrected chi connectivity index (χ4v) is 0.953. The molecule has 4 nitrogen and oxygen atoms in total. The molecule has 2 heterocycles. The lowest BCUT2D eigenvalue weighted by molar-refractivity contribution is 0.438. The molecule has 2 rings (SSSR count). The van der Waals surface area contributed by atoms with Crippen LogP contribution in [0.15, 0.2) is 18.3 Å². The van der Waals surface area contributed by atoms with E-state index in [1.807, 2.05) is 19.1 Å². The number of aryl methyl sites for hydroxylation is 1. The molecule has 56 valence electrons. The van der Waals surface area contributed by atoms with Crippen molar-refractivity contribution < 1.29 is 5.11 Å². The summed E-state index contributed by atoms with van der Waals surface area (Å²) >= 11 is 0. The standard InChI is InChI=1S/C7H7N3O/c1-5-2-3-6-8-4-7(11)10(6)9-5/h2-4,11H,1H3. The summed E-state index contributed by atoms with van der Waals surface area (Å²) < 4.78 is 1.40. The van der Waals surface area contributed by atoms with Gasteiger partial charge in [0.05, 0.1) is 11.9 Å². The molecule has 1 N–H and O–H groups in total. The molecule has 0 bridgehead atoms. The van der Waals surface area contributed by atoms with Crippen LogP contribution in [0.1, 0.15) is 5.69 Å². The highest BCUT2D eigenvalue weighted by Gasteiger charge is 2.00. The zero-order chi connectivity index (χ0) is 7.84. The normalized spacial score (nSPS) is 10.6. The summed E-state index contributed by atoms with van der Waals surface area (Å²) in [6, 6.07) is 3.66. The molecule has 11 heavy (non-hydrogen) atoms. The predicted octanol–water partition coefficient (Wildman–Crippen LogP) is 0.743. The molecule has 0 saturated carbocycles. The lowest BCUT2D eigenvalue weighted by Crippen LogP contribution is -1.92. The number of fused-ring (bicyclic) bond motifs is 1. The SMILES string of the molecule is Cc1ccc2ncc(O)n2n1. The minimum Gasteiger partial charge on any atom is -0.492 e. The van der Waals surface area contributed by atoms with Gasteiger partial charge in [-0.3, -0.25) is 0 Å². The Morgan fingerprint density at radius 2 is 2.27 bits per heavy atom. The van der Waals surface area contributed by atoms with E-state index in [1.165, 1.54) is 10.7 Å². The molecule has 0 fully saturated rings. The summed E-state index contributed by atoms with van der Waals surface area (Å²) in [7, 11) is 0. The van der Waals surface area contributed by atoms with E-state index < -0.39 is 0 Å². The van der Waals surface area contributed by atoms with Gasteiger partial charge in [0.25, 0.3) is 0 Å². The Bertz CT molecular complexity index is 393. The van der Waals surface area contributed by atoms with Gasteiger partial charge in [0, 0.05) is 0 Å². The van der Waals surface area contributed by atoms with E-state index in [4.69, 9.17) is 0 Å². The van der Waals surface area contributed by atoms with E-state index in [0.717, 1.165) is 5.69 Å². The lowest BCUT2D eigenvalue weighted by atomic mass is 10.4. The molecule has 0 unspecified atom stereocenters. The minimum atomic E-state index is 0.0729. The van der Waals surface area contributed by atoms with E-state index >= 15 is 0 Å². The molecule has 0 atom stereocenters. The Morgan fingerprint density at radius 1 is 1.45 bits per heavy atom. The van der Waals surface area contributed by atoms with Gasteiger partial charge >= 0.3 is 0 Å². The highest BCUT2D eigenvalue weighted by molar-refractivity contribution is 5.40. The number of hydrogen-bond donors (Lipinski definition) is 1. The molecular weight excluding hydrogens is 142 g/mol. The highest BCUT2D eigenvalue weighted by Crippen LogP contribution is 2.09. The maximum absolute atomic E-state index is 9.17. The Morgan fingerprint density at radius 3 is 3.09 bits per heavy atom. The number of rotatable bonds is 0. The smallest absolute Gasteiger partial charge is 0.233 e. The Labute approximate surface area is 63.1 Å². The van der Waals surface area contributed by atoms with Crippen molar-refractivity contribution in [1.82, 2.24) is 14.6 Å². The Kier molecular flexibility index (Phi) is 1.09. The maximum atomic E-state index is 9.17. The second kappa shape index (κ2) is 1.95. The van der Waals surface area contributed by atoms with Crippen molar-refractivity contribution in [1.29, 1.82) is 0 Å². The van der Waals surface area contributed by atoms with E-state index in [1.54, 1.807) is 0 Å². The third-order valence-electron chi connectivity index (χ3n) is 1.48. The number of aromatic hydroxyl groups is 1. The largest absolute Gasteiger partial charge is 0.492 e. The summed E-state index contributed by atoms with van der Waals surface area (Å²) in [4.78, 5) is 3.91. The van der Waals surface area contributed by atoms with Crippen molar-refractivity contribution >= 4 is 5.65 Å². The minimum absolute atomic E-state index is 0.0729. The number of imidazole rings is 1. The molecule has 2 aromatic heterocycles. The van der Waals surface area contributed by atoms with Crippen molar-refractivity contribution in [3.63, 3.8) is 0 Å². The average molecular weight is 149 g/mol. The predicted molar refractivity (Wildman–Crippen MR) is 39.4 cm³/mol. The van der Waals surface area contributed by atoms with Crippen LogP contribution in [-0.2, 0) is 0 Å². The fraction of sp³-hybridized carbons (Fsp3) is 0.143. The summed E-state index contributed by atoms with van der Waals surface area (Å²) in [5.74, 6) is 0.0729. The van der Waals surface area contributed by atoms with Gasteiger partial charge in [0.15, 0.2) is 5.65 Å². The first kappa shape index (κ1) is 6.15. The summed E-state index contributed by atoms with van der Waals surface area (Å²) in [6.07, 6.45) is 1.38. The average Bonchev–Trinajstić information content (AvgIpc) is 2.33. The van der Waals surface area contributed by atoms with Crippen LogP contribution in [0.5, 0.6) is 5.88 Å². The molecule has 0 spiro atoms. The van der Waals surface area contributed by atoms with Gasteiger partial charge in [-0.05, 0) is 19.1 Å². The van der Waals surface area contributed by atoms with Gasteiger partial charge < -0.3 is 5.11 Å². The van der Waals surface area contributed by atoms with Gasteiger partial charge in [-0.2, -0.15) is 9.61 Å². The zero-order valence-electron chi connectivity index (χ0n) is 6.02. The van der Waals surface area contributed by atoms with Crippen LogP contribution in [0, 0.1) is 6.92 Å². The molecule has 0 saturated heterocycles. The van der Waals surface area contributed by atoms with Crippen LogP contribution < -0.4 is 0 Å². The number of hydrogen-bond acceptors (Lipinski definition) is 3. The first-order valence-corrected chi connectivity index (χ1v) is 3.28. The van der Waals surface area contributed by atoms with E-state index in [-0.39, 0.29) is 5.88 Å². The Balaban J connectivity index is 2.87. The molecular formula is C7H7N3O. The first-order chi connectivity index (χ1) is 5.27. The molecule has 4 heteroatoms. The monoisotopic (exact) mass is 149 g/mol. The summed E-state index contributed by atoms with van der Waals surface area (Å²) in [5, 5.41) is 13.2. The van der Waals surface area contributed by atoms with Crippen LogP contribution in [0.4, 0.5) is 0 Å². The maximum Gasteiger partial charge on any atom is 0.233 e.